The van der Waals surface area contributed by atoms with Gasteiger partial charge in [-0.3, -0.25) is 4.79 Å². The third kappa shape index (κ3) is 3.57. The predicted molar refractivity (Wildman–Crippen MR) is 73.7 cm³/mol. The van der Waals surface area contributed by atoms with Crippen LogP contribution in [0.1, 0.15) is 37.3 Å². The fourth-order valence-corrected chi connectivity index (χ4v) is 2.26. The van der Waals surface area contributed by atoms with E-state index in [4.69, 9.17) is 0 Å². The fourth-order valence-electron chi connectivity index (χ4n) is 2.26. The van der Waals surface area contributed by atoms with Crippen LogP contribution in [-0.4, -0.2) is 25.0 Å². The Morgan fingerprint density at radius 3 is 2.67 bits per heavy atom. The molecule has 3 heteroatoms. The van der Waals surface area contributed by atoms with Gasteiger partial charge in [0.25, 0.3) is 0 Å². The largest absolute Gasteiger partial charge is 0.352 e. The van der Waals surface area contributed by atoms with E-state index in [1.807, 2.05) is 0 Å². The van der Waals surface area contributed by atoms with Crippen LogP contribution in [0, 0.1) is 0 Å². The molecule has 18 heavy (non-hydrogen) atoms. The van der Waals surface area contributed by atoms with Crippen molar-refractivity contribution in [1.82, 2.24) is 10.6 Å². The fraction of sp³-hybridized carbons (Fsp3) is 0.533. The van der Waals surface area contributed by atoms with Gasteiger partial charge in [-0.05, 0) is 30.0 Å². The lowest BCUT2D eigenvalue weighted by molar-refractivity contribution is -0.121. The zero-order chi connectivity index (χ0) is 13.0. The molecule has 3 nitrogen and oxygen atoms in total. The van der Waals surface area contributed by atoms with Crippen LogP contribution < -0.4 is 10.6 Å². The number of hydrogen-bond donors (Lipinski definition) is 2. The van der Waals surface area contributed by atoms with Gasteiger partial charge in [0.15, 0.2) is 0 Å². The van der Waals surface area contributed by atoms with Crippen molar-refractivity contribution in [3.63, 3.8) is 0 Å². The van der Waals surface area contributed by atoms with Gasteiger partial charge in [0.1, 0.15) is 0 Å². The second-order valence-corrected chi connectivity index (χ2v) is 5.33. The topological polar surface area (TPSA) is 41.1 Å². The molecule has 0 aromatic heterocycles. The minimum Gasteiger partial charge on any atom is -0.352 e. The van der Waals surface area contributed by atoms with Crippen LogP contribution in [0.5, 0.6) is 0 Å². The normalized spacial score (nSPS) is 19.2. The molecule has 1 aromatic rings. The molecule has 1 amide bonds. The first-order valence-electron chi connectivity index (χ1n) is 6.74. The maximum absolute atomic E-state index is 11.8. The van der Waals surface area contributed by atoms with Crippen LogP contribution >= 0.6 is 0 Å². The molecule has 0 unspecified atom stereocenters. The molecule has 1 aromatic carbocycles. The molecule has 0 bridgehead atoms. The lowest BCUT2D eigenvalue weighted by Crippen LogP contribution is -2.37. The van der Waals surface area contributed by atoms with Crippen molar-refractivity contribution >= 4 is 5.91 Å². The van der Waals surface area contributed by atoms with Crippen molar-refractivity contribution in [3.8, 4) is 0 Å². The van der Waals surface area contributed by atoms with Gasteiger partial charge >= 0.3 is 0 Å². The van der Waals surface area contributed by atoms with Crippen molar-refractivity contribution in [3.05, 3.63) is 35.4 Å². The molecule has 1 fully saturated rings. The molecule has 1 aliphatic rings. The summed E-state index contributed by atoms with van der Waals surface area (Å²) in [6.07, 6.45) is 1.52. The molecular weight excluding hydrogens is 224 g/mol. The van der Waals surface area contributed by atoms with Crippen LogP contribution in [0.25, 0.3) is 0 Å². The molecule has 98 valence electrons. The van der Waals surface area contributed by atoms with Gasteiger partial charge in [-0.25, -0.2) is 0 Å². The van der Waals surface area contributed by atoms with Gasteiger partial charge in [-0.15, -0.1) is 0 Å². The summed E-state index contributed by atoms with van der Waals surface area (Å²) in [5.41, 5.74) is 2.40. The van der Waals surface area contributed by atoms with E-state index in [9.17, 15) is 4.79 Å². The second-order valence-electron chi connectivity index (χ2n) is 5.33. The quantitative estimate of drug-likeness (QED) is 0.851. The lowest BCUT2D eigenvalue weighted by atomic mass is 10.0. The molecule has 1 atom stereocenters. The third-order valence-corrected chi connectivity index (χ3v) is 3.44. The van der Waals surface area contributed by atoms with E-state index < -0.39 is 0 Å². The van der Waals surface area contributed by atoms with Gasteiger partial charge < -0.3 is 10.6 Å². The summed E-state index contributed by atoms with van der Waals surface area (Å²) in [7, 11) is 0. The van der Waals surface area contributed by atoms with Crippen molar-refractivity contribution in [2.24, 2.45) is 0 Å². The molecule has 1 heterocycles. The van der Waals surface area contributed by atoms with E-state index in [0.717, 1.165) is 25.1 Å². The van der Waals surface area contributed by atoms with Gasteiger partial charge in [0, 0.05) is 12.6 Å². The average Bonchev–Trinajstić information content (AvgIpc) is 2.82. The zero-order valence-electron chi connectivity index (χ0n) is 11.2. The monoisotopic (exact) mass is 246 g/mol. The number of rotatable bonds is 4. The molecule has 0 radical (unpaired) electrons. The number of carbonyl (C=O) groups excluding carboxylic acids is 1. The summed E-state index contributed by atoms with van der Waals surface area (Å²) >= 11 is 0. The first-order valence-corrected chi connectivity index (χ1v) is 6.74. The standard InChI is InChI=1S/C15H22N2O/c1-11(2)13-5-3-12(4-6-13)9-15(18)17-14-7-8-16-10-14/h3-6,11,14,16H,7-10H2,1-2H3,(H,17,18)/t14-/m1/s1. The third-order valence-electron chi connectivity index (χ3n) is 3.44. The highest BCUT2D eigenvalue weighted by Gasteiger charge is 2.16. The maximum atomic E-state index is 11.8. The van der Waals surface area contributed by atoms with Gasteiger partial charge in [-0.1, -0.05) is 38.1 Å². The molecule has 0 saturated carbocycles. The van der Waals surface area contributed by atoms with Gasteiger partial charge in [0.05, 0.1) is 6.42 Å². The van der Waals surface area contributed by atoms with Crippen molar-refractivity contribution in [2.45, 2.75) is 38.6 Å². The Morgan fingerprint density at radius 2 is 2.11 bits per heavy atom. The summed E-state index contributed by atoms with van der Waals surface area (Å²) in [4.78, 5) is 11.8. The van der Waals surface area contributed by atoms with Crippen molar-refractivity contribution in [2.75, 3.05) is 13.1 Å². The van der Waals surface area contributed by atoms with Crippen LogP contribution in [0.2, 0.25) is 0 Å². The Bertz CT molecular complexity index is 391. The Kier molecular flexibility index (Phi) is 4.37. The van der Waals surface area contributed by atoms with Crippen LogP contribution in [0.3, 0.4) is 0 Å². The van der Waals surface area contributed by atoms with E-state index in [-0.39, 0.29) is 5.91 Å². The summed E-state index contributed by atoms with van der Waals surface area (Å²) in [5.74, 6) is 0.665. The highest BCUT2D eigenvalue weighted by molar-refractivity contribution is 5.78. The number of carbonyl (C=O) groups is 1. The second kappa shape index (κ2) is 6.01. The minimum atomic E-state index is 0.126. The average molecular weight is 246 g/mol. The molecule has 2 rings (SSSR count). The van der Waals surface area contributed by atoms with E-state index in [1.165, 1.54) is 5.56 Å². The molecule has 1 aliphatic heterocycles. The highest BCUT2D eigenvalue weighted by Crippen LogP contribution is 2.14. The number of benzene rings is 1. The molecule has 0 aliphatic carbocycles. The first kappa shape index (κ1) is 13.1. The maximum Gasteiger partial charge on any atom is 0.224 e. The minimum absolute atomic E-state index is 0.126. The molecular formula is C15H22N2O. The van der Waals surface area contributed by atoms with E-state index in [2.05, 4.69) is 48.7 Å². The van der Waals surface area contributed by atoms with Crippen molar-refractivity contribution in [1.29, 1.82) is 0 Å². The van der Waals surface area contributed by atoms with Crippen molar-refractivity contribution < 1.29 is 4.79 Å². The lowest BCUT2D eigenvalue weighted by Gasteiger charge is -2.11. The summed E-state index contributed by atoms with van der Waals surface area (Å²) in [6, 6.07) is 8.66. The van der Waals surface area contributed by atoms with Crippen LogP contribution in [0.4, 0.5) is 0 Å². The van der Waals surface area contributed by atoms with E-state index >= 15 is 0 Å². The summed E-state index contributed by atoms with van der Waals surface area (Å²) < 4.78 is 0. The first-order chi connectivity index (χ1) is 8.65. The van der Waals surface area contributed by atoms with Gasteiger partial charge in [-0.2, -0.15) is 0 Å². The molecule has 2 N–H and O–H groups in total. The Morgan fingerprint density at radius 1 is 1.39 bits per heavy atom. The Balaban J connectivity index is 1.86. The zero-order valence-corrected chi connectivity index (χ0v) is 11.2. The molecule has 1 saturated heterocycles. The van der Waals surface area contributed by atoms with Crippen LogP contribution in [0.15, 0.2) is 24.3 Å². The molecule has 0 spiro atoms. The SMILES string of the molecule is CC(C)c1ccc(CC(=O)N[C@@H]2CCNC2)cc1. The Hall–Kier alpha value is -1.35. The smallest absolute Gasteiger partial charge is 0.224 e. The van der Waals surface area contributed by atoms with E-state index in [1.54, 1.807) is 0 Å². The highest BCUT2D eigenvalue weighted by atomic mass is 16.1. The Labute approximate surface area is 109 Å². The number of nitrogens with one attached hydrogen (secondary N) is 2. The summed E-state index contributed by atoms with van der Waals surface area (Å²) in [6.45, 7) is 6.26. The summed E-state index contributed by atoms with van der Waals surface area (Å²) in [5, 5.41) is 6.31. The van der Waals surface area contributed by atoms with Crippen LogP contribution in [-0.2, 0) is 11.2 Å². The van der Waals surface area contributed by atoms with E-state index in [0.29, 0.717) is 18.4 Å². The number of amides is 1. The number of hydrogen-bond acceptors (Lipinski definition) is 2. The predicted octanol–water partition coefficient (Wildman–Crippen LogP) is 1.83. The van der Waals surface area contributed by atoms with Gasteiger partial charge in [0.2, 0.25) is 5.91 Å².